The van der Waals surface area contributed by atoms with Gasteiger partial charge in [-0.1, -0.05) is 0 Å². The number of nitro benzene ring substituents is 1. The number of piperidine rings is 1. The van der Waals surface area contributed by atoms with E-state index in [0.29, 0.717) is 25.6 Å². The van der Waals surface area contributed by atoms with E-state index in [-0.39, 0.29) is 11.3 Å². The molecule has 1 amide bonds. The van der Waals surface area contributed by atoms with Crippen molar-refractivity contribution < 1.29 is 14.1 Å². The first kappa shape index (κ1) is 14.4. The minimum absolute atomic E-state index is 0.245. The van der Waals surface area contributed by atoms with Gasteiger partial charge in [0.25, 0.3) is 11.6 Å². The van der Waals surface area contributed by atoms with E-state index in [1.54, 1.807) is 0 Å². The highest BCUT2D eigenvalue weighted by atomic mass is 19.1. The van der Waals surface area contributed by atoms with Crippen LogP contribution in [0.5, 0.6) is 0 Å². The molecule has 1 aromatic rings. The Bertz CT molecular complexity index is 528. The third kappa shape index (κ3) is 2.93. The minimum Gasteiger partial charge on any atom is -0.339 e. The molecule has 6 nitrogen and oxygen atoms in total. The molecule has 0 saturated carbocycles. The molecule has 0 radical (unpaired) electrons. The fourth-order valence-corrected chi connectivity index (χ4v) is 2.33. The maximum absolute atomic E-state index is 13.7. The molecule has 1 aliphatic rings. The Morgan fingerprint density at radius 3 is 2.65 bits per heavy atom. The number of amides is 1. The largest absolute Gasteiger partial charge is 0.339 e. The van der Waals surface area contributed by atoms with Crippen molar-refractivity contribution in [1.82, 2.24) is 4.90 Å². The summed E-state index contributed by atoms with van der Waals surface area (Å²) in [6.45, 7) is 1.58. The number of benzene rings is 1. The van der Waals surface area contributed by atoms with Gasteiger partial charge in [0, 0.05) is 25.2 Å². The van der Waals surface area contributed by atoms with Crippen molar-refractivity contribution >= 4 is 11.6 Å². The van der Waals surface area contributed by atoms with Crippen molar-refractivity contribution in [3.05, 3.63) is 39.7 Å². The van der Waals surface area contributed by atoms with Crippen molar-refractivity contribution in [3.8, 4) is 0 Å². The average molecular weight is 281 g/mol. The summed E-state index contributed by atoms with van der Waals surface area (Å²) >= 11 is 0. The number of halogens is 1. The average Bonchev–Trinajstić information content (AvgIpc) is 2.47. The van der Waals surface area contributed by atoms with E-state index < -0.39 is 16.6 Å². The predicted octanol–water partition coefficient (Wildman–Crippen LogP) is 1.54. The Morgan fingerprint density at radius 1 is 1.45 bits per heavy atom. The standard InChI is InChI=1S/C13H16FN3O3/c14-12-2-1-10(17(19)20)7-11(12)13(18)16-5-3-9(8-15)4-6-16/h1-2,7,9H,3-6,8,15H2. The van der Waals surface area contributed by atoms with Crippen LogP contribution in [0.25, 0.3) is 0 Å². The van der Waals surface area contributed by atoms with E-state index in [1.165, 1.54) is 4.90 Å². The van der Waals surface area contributed by atoms with Crippen molar-refractivity contribution in [2.75, 3.05) is 19.6 Å². The van der Waals surface area contributed by atoms with Gasteiger partial charge in [-0.25, -0.2) is 4.39 Å². The Balaban J connectivity index is 2.17. The quantitative estimate of drug-likeness (QED) is 0.672. The number of hydrogen-bond donors (Lipinski definition) is 1. The third-order valence-electron chi connectivity index (χ3n) is 3.63. The van der Waals surface area contributed by atoms with Gasteiger partial charge in [0.2, 0.25) is 0 Å². The first-order chi connectivity index (χ1) is 9.52. The number of rotatable bonds is 3. The lowest BCUT2D eigenvalue weighted by atomic mass is 9.96. The molecule has 20 heavy (non-hydrogen) atoms. The van der Waals surface area contributed by atoms with Crippen LogP contribution in [0, 0.1) is 21.8 Å². The van der Waals surface area contributed by atoms with Crippen LogP contribution in [0.2, 0.25) is 0 Å². The van der Waals surface area contributed by atoms with Gasteiger partial charge in [-0.3, -0.25) is 14.9 Å². The summed E-state index contributed by atoms with van der Waals surface area (Å²) in [6, 6.07) is 3.00. The molecular weight excluding hydrogens is 265 g/mol. The highest BCUT2D eigenvalue weighted by molar-refractivity contribution is 5.95. The molecule has 0 unspecified atom stereocenters. The zero-order valence-corrected chi connectivity index (χ0v) is 10.9. The van der Waals surface area contributed by atoms with E-state index in [4.69, 9.17) is 5.73 Å². The van der Waals surface area contributed by atoms with E-state index in [0.717, 1.165) is 31.0 Å². The summed E-state index contributed by atoms with van der Waals surface area (Å²) in [6.07, 6.45) is 1.55. The molecular formula is C13H16FN3O3. The van der Waals surface area contributed by atoms with Gasteiger partial charge >= 0.3 is 0 Å². The van der Waals surface area contributed by atoms with Gasteiger partial charge < -0.3 is 10.6 Å². The van der Waals surface area contributed by atoms with Gasteiger partial charge in [-0.15, -0.1) is 0 Å². The topological polar surface area (TPSA) is 89.5 Å². The van der Waals surface area contributed by atoms with Crippen LogP contribution in [0.4, 0.5) is 10.1 Å². The van der Waals surface area contributed by atoms with Crippen LogP contribution in [-0.2, 0) is 0 Å². The van der Waals surface area contributed by atoms with Gasteiger partial charge in [0.1, 0.15) is 5.82 Å². The number of nitrogens with zero attached hydrogens (tertiary/aromatic N) is 2. The molecule has 7 heteroatoms. The van der Waals surface area contributed by atoms with Gasteiger partial charge in [0.05, 0.1) is 10.5 Å². The molecule has 0 aliphatic carbocycles. The fourth-order valence-electron chi connectivity index (χ4n) is 2.33. The lowest BCUT2D eigenvalue weighted by Gasteiger charge is -2.31. The van der Waals surface area contributed by atoms with Crippen molar-refractivity contribution in [2.45, 2.75) is 12.8 Å². The van der Waals surface area contributed by atoms with Crippen LogP contribution in [-0.4, -0.2) is 35.4 Å². The Kier molecular flexibility index (Phi) is 4.29. The number of non-ortho nitro benzene ring substituents is 1. The number of carbonyl (C=O) groups excluding carboxylic acids is 1. The van der Waals surface area contributed by atoms with E-state index in [9.17, 15) is 19.3 Å². The lowest BCUT2D eigenvalue weighted by Crippen LogP contribution is -2.40. The van der Waals surface area contributed by atoms with Crippen molar-refractivity contribution in [1.29, 1.82) is 0 Å². The Hall–Kier alpha value is -2.02. The molecule has 2 rings (SSSR count). The Morgan fingerprint density at radius 2 is 2.10 bits per heavy atom. The smallest absolute Gasteiger partial charge is 0.270 e. The van der Waals surface area contributed by atoms with Crippen LogP contribution in [0.15, 0.2) is 18.2 Å². The van der Waals surface area contributed by atoms with Crippen LogP contribution < -0.4 is 5.73 Å². The molecule has 1 saturated heterocycles. The van der Waals surface area contributed by atoms with Crippen LogP contribution in [0.1, 0.15) is 23.2 Å². The molecule has 1 aliphatic heterocycles. The summed E-state index contributed by atoms with van der Waals surface area (Å²) in [5.74, 6) is -0.850. The van der Waals surface area contributed by atoms with Gasteiger partial charge in [0.15, 0.2) is 0 Å². The van der Waals surface area contributed by atoms with Gasteiger partial charge in [-0.05, 0) is 31.4 Å². The Labute approximate surface area is 115 Å². The second kappa shape index (κ2) is 5.96. The minimum atomic E-state index is -0.735. The maximum Gasteiger partial charge on any atom is 0.270 e. The first-order valence-corrected chi connectivity index (χ1v) is 6.46. The van der Waals surface area contributed by atoms with E-state index in [2.05, 4.69) is 0 Å². The molecule has 0 spiro atoms. The van der Waals surface area contributed by atoms with Crippen molar-refractivity contribution in [2.24, 2.45) is 11.7 Å². The molecule has 0 aromatic heterocycles. The zero-order valence-electron chi connectivity index (χ0n) is 10.9. The molecule has 1 fully saturated rings. The summed E-state index contributed by atoms with van der Waals surface area (Å²) in [7, 11) is 0. The highest BCUT2D eigenvalue weighted by Crippen LogP contribution is 2.22. The summed E-state index contributed by atoms with van der Waals surface area (Å²) in [5.41, 5.74) is 5.04. The number of nitrogens with two attached hydrogens (primary N) is 1. The molecule has 2 N–H and O–H groups in total. The third-order valence-corrected chi connectivity index (χ3v) is 3.63. The number of hydrogen-bond acceptors (Lipinski definition) is 4. The van der Waals surface area contributed by atoms with E-state index in [1.807, 2.05) is 0 Å². The fraction of sp³-hybridized carbons (Fsp3) is 0.462. The zero-order chi connectivity index (χ0) is 14.7. The van der Waals surface area contributed by atoms with Crippen LogP contribution in [0.3, 0.4) is 0 Å². The monoisotopic (exact) mass is 281 g/mol. The van der Waals surface area contributed by atoms with E-state index >= 15 is 0 Å². The normalized spacial score (nSPS) is 16.2. The number of likely N-dealkylation sites (tertiary alicyclic amines) is 1. The number of nitro groups is 1. The maximum atomic E-state index is 13.7. The molecule has 108 valence electrons. The second-order valence-corrected chi connectivity index (χ2v) is 4.89. The molecule has 1 heterocycles. The highest BCUT2D eigenvalue weighted by Gasteiger charge is 2.26. The SMILES string of the molecule is NCC1CCN(C(=O)c2cc([N+](=O)[O-])ccc2F)CC1. The summed E-state index contributed by atoms with van der Waals surface area (Å²) < 4.78 is 13.7. The van der Waals surface area contributed by atoms with Crippen LogP contribution >= 0.6 is 0 Å². The molecule has 0 atom stereocenters. The molecule has 1 aromatic carbocycles. The molecule has 0 bridgehead atoms. The predicted molar refractivity (Wildman–Crippen MR) is 70.7 cm³/mol. The first-order valence-electron chi connectivity index (χ1n) is 6.46. The number of carbonyl (C=O) groups is 1. The van der Waals surface area contributed by atoms with Crippen molar-refractivity contribution in [3.63, 3.8) is 0 Å². The second-order valence-electron chi connectivity index (χ2n) is 4.89. The summed E-state index contributed by atoms with van der Waals surface area (Å²) in [5, 5.41) is 10.7. The van der Waals surface area contributed by atoms with Gasteiger partial charge in [-0.2, -0.15) is 0 Å². The summed E-state index contributed by atoms with van der Waals surface area (Å²) in [4.78, 5) is 23.8. The lowest BCUT2D eigenvalue weighted by molar-refractivity contribution is -0.384.